The van der Waals surface area contributed by atoms with E-state index in [1.165, 1.54) is 48.5 Å². The molecule has 4 amide bonds. The van der Waals surface area contributed by atoms with E-state index in [1.54, 1.807) is 12.2 Å². The van der Waals surface area contributed by atoms with Gasteiger partial charge in [0.15, 0.2) is 0 Å². The maximum Gasteiger partial charge on any atom is 0.335 e. The number of benzene rings is 2. The molecule has 3 fully saturated rings. The van der Waals surface area contributed by atoms with Crippen LogP contribution in [0.3, 0.4) is 0 Å². The minimum Gasteiger partial charge on any atom is -0.478 e. The minimum atomic E-state index is -1.20. The first-order chi connectivity index (χ1) is 17.2. The van der Waals surface area contributed by atoms with Gasteiger partial charge in [0.1, 0.15) is 0 Å². The van der Waals surface area contributed by atoms with E-state index >= 15 is 0 Å². The predicted molar refractivity (Wildman–Crippen MR) is 122 cm³/mol. The van der Waals surface area contributed by atoms with Crippen molar-refractivity contribution in [1.82, 2.24) is 0 Å². The molecule has 4 atom stereocenters. The second-order valence-corrected chi connectivity index (χ2v) is 9.38. The third kappa shape index (κ3) is 2.78. The fourth-order valence-electron chi connectivity index (χ4n) is 6.29. The number of hydrogen-bond donors (Lipinski definition) is 2. The van der Waals surface area contributed by atoms with Crippen LogP contribution in [-0.4, -0.2) is 45.8 Å². The summed E-state index contributed by atoms with van der Waals surface area (Å²) in [5.41, 5.74) is 0.110. The van der Waals surface area contributed by atoms with Crippen LogP contribution in [0.1, 0.15) is 20.7 Å². The molecule has 2 N–H and O–H groups in total. The van der Waals surface area contributed by atoms with E-state index in [4.69, 9.17) is 0 Å². The lowest BCUT2D eigenvalue weighted by Crippen LogP contribution is -2.50. The van der Waals surface area contributed by atoms with Gasteiger partial charge in [-0.1, -0.05) is 24.3 Å². The van der Waals surface area contributed by atoms with Gasteiger partial charge < -0.3 is 10.2 Å². The van der Waals surface area contributed by atoms with Crippen molar-refractivity contribution < 1.29 is 39.0 Å². The third-order valence-corrected chi connectivity index (χ3v) is 7.71. The number of nitrogens with zero attached hydrogens (tertiary/aromatic N) is 2. The summed E-state index contributed by atoms with van der Waals surface area (Å²) in [4.78, 5) is 78.8. The largest absolute Gasteiger partial charge is 0.478 e. The van der Waals surface area contributed by atoms with Crippen molar-refractivity contribution in [1.29, 1.82) is 0 Å². The van der Waals surface area contributed by atoms with Crippen LogP contribution in [0.2, 0.25) is 0 Å². The van der Waals surface area contributed by atoms with Crippen LogP contribution < -0.4 is 9.80 Å². The smallest absolute Gasteiger partial charge is 0.335 e. The van der Waals surface area contributed by atoms with E-state index in [0.717, 1.165) is 9.80 Å². The lowest BCUT2D eigenvalue weighted by molar-refractivity contribution is -0.137. The molecule has 2 aromatic carbocycles. The lowest BCUT2D eigenvalue weighted by atomic mass is 9.54. The lowest BCUT2D eigenvalue weighted by Gasteiger charge is -2.44. The average molecular weight is 486 g/mol. The van der Waals surface area contributed by atoms with E-state index in [9.17, 15) is 39.0 Å². The van der Waals surface area contributed by atoms with Crippen LogP contribution in [0.15, 0.2) is 60.7 Å². The number of imide groups is 2. The Labute approximate surface area is 203 Å². The molecule has 2 heterocycles. The topological polar surface area (TPSA) is 149 Å². The Kier molecular flexibility index (Phi) is 4.53. The summed E-state index contributed by atoms with van der Waals surface area (Å²) in [6, 6.07) is 11.0. The Morgan fingerprint density at radius 1 is 0.583 bits per heavy atom. The first-order valence-corrected chi connectivity index (χ1v) is 11.3. The van der Waals surface area contributed by atoms with Crippen LogP contribution in [0.5, 0.6) is 0 Å². The first kappa shape index (κ1) is 21.9. The normalized spacial score (nSPS) is 30.1. The van der Waals surface area contributed by atoms with Crippen LogP contribution in [0.4, 0.5) is 11.4 Å². The molecule has 180 valence electrons. The number of amides is 4. The molecule has 36 heavy (non-hydrogen) atoms. The number of allylic oxidation sites excluding steroid dienone is 2. The monoisotopic (exact) mass is 486 g/mol. The Morgan fingerprint density at radius 3 is 1.22 bits per heavy atom. The van der Waals surface area contributed by atoms with Gasteiger partial charge in [-0.2, -0.15) is 0 Å². The van der Waals surface area contributed by atoms with E-state index in [1.807, 2.05) is 0 Å². The average Bonchev–Trinajstić information content (AvgIpc) is 3.31. The van der Waals surface area contributed by atoms with Gasteiger partial charge >= 0.3 is 11.9 Å². The maximum atomic E-state index is 13.5. The van der Waals surface area contributed by atoms with Crippen molar-refractivity contribution in [2.75, 3.05) is 9.80 Å². The maximum absolute atomic E-state index is 13.5. The molecule has 7 rings (SSSR count). The number of anilines is 2. The van der Waals surface area contributed by atoms with Crippen molar-refractivity contribution in [3.63, 3.8) is 0 Å². The number of carbonyl (C=O) groups excluding carboxylic acids is 4. The molecule has 0 aromatic heterocycles. The van der Waals surface area contributed by atoms with E-state index in [2.05, 4.69) is 0 Å². The van der Waals surface area contributed by atoms with Crippen molar-refractivity contribution in [3.05, 3.63) is 71.8 Å². The van der Waals surface area contributed by atoms with E-state index in [-0.39, 0.29) is 22.5 Å². The van der Waals surface area contributed by atoms with Gasteiger partial charge in [-0.25, -0.2) is 19.4 Å². The number of aromatic carboxylic acids is 2. The van der Waals surface area contributed by atoms with Crippen LogP contribution in [0.25, 0.3) is 0 Å². The molecule has 10 nitrogen and oxygen atoms in total. The summed E-state index contributed by atoms with van der Waals surface area (Å²) in [7, 11) is 0. The van der Waals surface area contributed by atoms with Gasteiger partial charge in [0.05, 0.1) is 46.2 Å². The minimum absolute atomic E-state index is 0.0782. The molecule has 2 saturated heterocycles. The molecule has 2 aliphatic heterocycles. The van der Waals surface area contributed by atoms with Gasteiger partial charge in [-0.3, -0.25) is 19.2 Å². The molecule has 1 saturated carbocycles. The summed E-state index contributed by atoms with van der Waals surface area (Å²) in [6.45, 7) is 0. The molecule has 5 aliphatic rings. The van der Waals surface area contributed by atoms with Crippen molar-refractivity contribution in [2.45, 2.75) is 0 Å². The van der Waals surface area contributed by atoms with Crippen molar-refractivity contribution in [3.8, 4) is 0 Å². The van der Waals surface area contributed by atoms with E-state index in [0.29, 0.717) is 0 Å². The summed E-state index contributed by atoms with van der Waals surface area (Å²) in [5.74, 6) is -9.35. The number of rotatable bonds is 4. The Morgan fingerprint density at radius 2 is 0.917 bits per heavy atom. The molecule has 2 bridgehead atoms. The summed E-state index contributed by atoms with van der Waals surface area (Å²) in [5, 5.41) is 18.6. The predicted octanol–water partition coefficient (Wildman–Crippen LogP) is 1.81. The first-order valence-electron chi connectivity index (χ1n) is 11.3. The molecule has 10 heteroatoms. The van der Waals surface area contributed by atoms with Gasteiger partial charge in [-0.15, -0.1) is 0 Å². The van der Waals surface area contributed by atoms with Crippen LogP contribution in [0, 0.1) is 35.5 Å². The molecular weight excluding hydrogens is 468 g/mol. The second kappa shape index (κ2) is 7.45. The van der Waals surface area contributed by atoms with Gasteiger partial charge in [0.2, 0.25) is 23.6 Å². The van der Waals surface area contributed by atoms with Gasteiger partial charge in [-0.05, 0) is 36.4 Å². The Balaban J connectivity index is 1.38. The fraction of sp³-hybridized carbons (Fsp3) is 0.231. The van der Waals surface area contributed by atoms with E-state index < -0.39 is 71.1 Å². The van der Waals surface area contributed by atoms with Gasteiger partial charge in [0.25, 0.3) is 0 Å². The molecular formula is C26H18N2O8. The summed E-state index contributed by atoms with van der Waals surface area (Å²) < 4.78 is 0. The van der Waals surface area contributed by atoms with Gasteiger partial charge in [0, 0.05) is 11.8 Å². The van der Waals surface area contributed by atoms with Crippen LogP contribution in [-0.2, 0) is 19.2 Å². The summed E-state index contributed by atoms with van der Waals surface area (Å²) in [6.07, 6.45) is 3.44. The SMILES string of the molecule is O=C(O)c1cccc(N2C(=O)C3C4C=CC(C3C2=O)C2C(=O)N(c3cccc(C(=O)O)c3)C(=O)C42)c1. The highest BCUT2D eigenvalue weighted by atomic mass is 16.4. The van der Waals surface area contributed by atoms with Crippen molar-refractivity contribution in [2.24, 2.45) is 35.5 Å². The highest BCUT2D eigenvalue weighted by Crippen LogP contribution is 2.58. The summed E-state index contributed by atoms with van der Waals surface area (Å²) >= 11 is 0. The highest BCUT2D eigenvalue weighted by molar-refractivity contribution is 6.26. The highest BCUT2D eigenvalue weighted by Gasteiger charge is 2.68. The Hall–Kier alpha value is -4.60. The fourth-order valence-corrected chi connectivity index (χ4v) is 6.29. The van der Waals surface area contributed by atoms with Crippen molar-refractivity contribution >= 4 is 46.9 Å². The number of carboxylic acid groups (broad SMARTS) is 2. The molecule has 0 radical (unpaired) electrons. The standard InChI is InChI=1S/C26H18N2O8/c29-21-17-15-7-8-16(18(17)22(30)27(21)13-5-1-3-11(9-13)25(33)34)20-19(15)23(31)28(24(20)32)14-6-2-4-12(10-14)26(35)36/h1-10,15-20H,(H,33,34)(H,35,36). The van der Waals surface area contributed by atoms with Crippen LogP contribution >= 0.6 is 0 Å². The Bertz CT molecular complexity index is 1290. The molecule has 4 unspecified atom stereocenters. The quantitative estimate of drug-likeness (QED) is 0.491. The second-order valence-electron chi connectivity index (χ2n) is 9.38. The zero-order valence-electron chi connectivity index (χ0n) is 18.5. The number of carboxylic acids is 2. The molecule has 0 spiro atoms. The number of carbonyl (C=O) groups is 6. The third-order valence-electron chi connectivity index (χ3n) is 7.71. The zero-order chi connectivity index (χ0) is 25.5. The molecule has 2 aromatic rings. The zero-order valence-corrected chi connectivity index (χ0v) is 18.5. The number of hydrogen-bond acceptors (Lipinski definition) is 6. The molecule has 3 aliphatic carbocycles.